The van der Waals surface area contributed by atoms with Crippen LogP contribution >= 0.6 is 0 Å². The monoisotopic (exact) mass is 894 g/mol. The number of hydrogen-bond donors (Lipinski definition) is 2. The highest BCUT2D eigenvalue weighted by Crippen LogP contribution is 2.25. The highest BCUT2D eigenvalue weighted by atomic mass is 16.5. The van der Waals surface area contributed by atoms with E-state index in [2.05, 4.69) is 48.6 Å². The summed E-state index contributed by atoms with van der Waals surface area (Å²) in [7, 11) is 3.71. The summed E-state index contributed by atoms with van der Waals surface area (Å²) in [5, 5.41) is 17.4. The van der Waals surface area contributed by atoms with Crippen molar-refractivity contribution in [2.75, 3.05) is 33.9 Å². The van der Waals surface area contributed by atoms with Gasteiger partial charge in [-0.1, -0.05) is 151 Å². The van der Waals surface area contributed by atoms with E-state index in [-0.39, 0.29) is 19.1 Å². The summed E-state index contributed by atoms with van der Waals surface area (Å²) in [5.41, 5.74) is 0.877. The Bertz CT molecular complexity index is 1310. The lowest BCUT2D eigenvalue weighted by Crippen LogP contribution is -2.23. The number of allylic oxidation sites excluding steroid dienone is 8. The zero-order valence-corrected chi connectivity index (χ0v) is 40.6. The molecule has 1 rings (SSSR count). The highest BCUT2D eigenvalue weighted by Gasteiger charge is 2.09. The van der Waals surface area contributed by atoms with Crippen molar-refractivity contribution in [2.24, 2.45) is 0 Å². The predicted octanol–water partition coefficient (Wildman–Crippen LogP) is 14.9. The zero-order valence-electron chi connectivity index (χ0n) is 40.6. The molecule has 0 atom stereocenters. The number of carboxylic acids is 2. The van der Waals surface area contributed by atoms with Gasteiger partial charge in [-0.05, 0) is 122 Å². The molecule has 364 valence electrons. The number of hydrogen-bond acceptors (Lipinski definition) is 7. The Balaban J connectivity index is 2.17. The number of aliphatic carboxylic acids is 2. The number of nitrogens with zero attached hydrogens (tertiary/aromatic N) is 1. The second kappa shape index (κ2) is 44.4. The lowest BCUT2D eigenvalue weighted by atomic mass is 10.1. The van der Waals surface area contributed by atoms with Crippen LogP contribution < -0.4 is 9.47 Å². The molecule has 9 nitrogen and oxygen atoms in total. The van der Waals surface area contributed by atoms with Gasteiger partial charge in [-0.25, -0.2) is 0 Å². The first kappa shape index (κ1) is 58.2. The highest BCUT2D eigenvalue weighted by molar-refractivity contribution is 5.71. The van der Waals surface area contributed by atoms with E-state index in [4.69, 9.17) is 24.4 Å². The molecular formula is C55H91NO8. The summed E-state index contributed by atoms with van der Waals surface area (Å²) >= 11 is 0. The smallest absolute Gasteiger partial charge is 0.320 e. The van der Waals surface area contributed by atoms with Crippen LogP contribution in [-0.2, 0) is 25.7 Å². The Morgan fingerprint density at radius 3 is 1.12 bits per heavy atom. The number of rotatable bonds is 46. The molecule has 0 fully saturated rings. The fourth-order valence-electron chi connectivity index (χ4n) is 7.38. The maximum absolute atomic E-state index is 12.2. The van der Waals surface area contributed by atoms with Gasteiger partial charge in [-0.2, -0.15) is 0 Å². The van der Waals surface area contributed by atoms with E-state index in [1.54, 1.807) is 4.90 Å². The van der Waals surface area contributed by atoms with Crippen molar-refractivity contribution in [3.63, 3.8) is 0 Å². The predicted molar refractivity (Wildman–Crippen MR) is 265 cm³/mol. The second-order valence-corrected chi connectivity index (χ2v) is 17.7. The third-order valence-electron chi connectivity index (χ3n) is 11.1. The molecule has 0 bridgehead atoms. The minimum atomic E-state index is -0.686. The molecule has 0 radical (unpaired) electrons. The number of carbonyl (C=O) groups is 3. The molecule has 0 spiro atoms. The molecule has 0 saturated carbocycles. The number of carboxylic acid groups (broad SMARTS) is 2. The van der Waals surface area contributed by atoms with Crippen LogP contribution in [0.1, 0.15) is 211 Å². The van der Waals surface area contributed by atoms with Crippen LogP contribution in [0.3, 0.4) is 0 Å². The van der Waals surface area contributed by atoms with Gasteiger partial charge in [-0.3, -0.25) is 19.3 Å². The lowest BCUT2D eigenvalue weighted by Gasteiger charge is -2.14. The second-order valence-electron chi connectivity index (χ2n) is 17.7. The molecule has 0 aliphatic heterocycles. The zero-order chi connectivity index (χ0) is 46.4. The van der Waals surface area contributed by atoms with Gasteiger partial charge < -0.3 is 24.4 Å². The molecule has 0 aliphatic carbocycles. The van der Waals surface area contributed by atoms with Crippen molar-refractivity contribution in [1.82, 2.24) is 4.90 Å². The van der Waals surface area contributed by atoms with Crippen LogP contribution in [-0.4, -0.2) is 66.9 Å². The van der Waals surface area contributed by atoms with Crippen molar-refractivity contribution in [3.05, 3.63) is 72.4 Å². The molecule has 0 aliphatic rings. The van der Waals surface area contributed by atoms with E-state index in [0.717, 1.165) is 120 Å². The fourth-order valence-corrected chi connectivity index (χ4v) is 7.38. The maximum atomic E-state index is 12.2. The summed E-state index contributed by atoms with van der Waals surface area (Å²) in [6, 6.07) is 5.90. The van der Waals surface area contributed by atoms with Crippen molar-refractivity contribution >= 4 is 17.9 Å². The number of unbranched alkanes of at least 4 members (excludes halogenated alkanes) is 24. The van der Waals surface area contributed by atoms with Crippen molar-refractivity contribution in [3.8, 4) is 11.5 Å². The van der Waals surface area contributed by atoms with Crippen LogP contribution in [0.25, 0.3) is 0 Å². The van der Waals surface area contributed by atoms with Gasteiger partial charge >= 0.3 is 17.9 Å². The molecule has 1 aromatic rings. The Morgan fingerprint density at radius 1 is 0.453 bits per heavy atom. The first-order valence-electron chi connectivity index (χ1n) is 25.5. The number of esters is 1. The van der Waals surface area contributed by atoms with E-state index in [0.29, 0.717) is 26.1 Å². The molecule has 0 amide bonds. The first-order valence-corrected chi connectivity index (χ1v) is 25.5. The SMILES string of the molecule is CN(C)CC(=O)OCc1cc(OCCCCCCCCCC=CCC=CCCCCCCCC(=O)O)cc(OCCCCCCCCCC=CCC=CCCCCCCCC(=O)O)c1. The Kier molecular flexibility index (Phi) is 40.3. The van der Waals surface area contributed by atoms with E-state index < -0.39 is 11.9 Å². The first-order chi connectivity index (χ1) is 31.3. The van der Waals surface area contributed by atoms with E-state index in [9.17, 15) is 14.4 Å². The van der Waals surface area contributed by atoms with Gasteiger partial charge in [0.25, 0.3) is 0 Å². The molecule has 1 aromatic carbocycles. The van der Waals surface area contributed by atoms with Gasteiger partial charge in [0.1, 0.15) is 18.1 Å². The standard InChI is InChI=1S/C55H91NO8/c1-56(2)48-55(61)64-49-50-45-51(62-43-39-35-31-27-23-19-15-11-7-3-5-9-13-17-21-25-29-33-37-41-53(57)58)47-52(46-50)63-44-40-36-32-28-24-20-16-12-8-4-6-10-14-18-22-26-30-34-38-42-54(59)60/h3-4,7-10,13-14,45-47H,5-6,11-12,15-44,48-49H2,1-2H3,(H,57,58)(H,59,60). The maximum Gasteiger partial charge on any atom is 0.320 e. The Morgan fingerprint density at radius 2 is 0.781 bits per heavy atom. The van der Waals surface area contributed by atoms with E-state index in [1.807, 2.05) is 32.3 Å². The van der Waals surface area contributed by atoms with Crippen LogP contribution in [0, 0.1) is 0 Å². The minimum absolute atomic E-state index is 0.196. The topological polar surface area (TPSA) is 123 Å². The molecule has 2 N–H and O–H groups in total. The molecule has 64 heavy (non-hydrogen) atoms. The molecule has 0 aromatic heterocycles. The average Bonchev–Trinajstić information content (AvgIpc) is 3.26. The molecule has 9 heteroatoms. The van der Waals surface area contributed by atoms with Crippen LogP contribution in [0.5, 0.6) is 11.5 Å². The van der Waals surface area contributed by atoms with Crippen LogP contribution in [0.2, 0.25) is 0 Å². The molecule has 0 saturated heterocycles. The van der Waals surface area contributed by atoms with Crippen LogP contribution in [0.4, 0.5) is 0 Å². The average molecular weight is 894 g/mol. The summed E-state index contributed by atoms with van der Waals surface area (Å²) in [4.78, 5) is 35.1. The van der Waals surface area contributed by atoms with Crippen LogP contribution in [0.15, 0.2) is 66.8 Å². The van der Waals surface area contributed by atoms with Gasteiger partial charge in [-0.15, -0.1) is 0 Å². The molecule has 0 unspecified atom stereocenters. The number of ether oxygens (including phenoxy) is 3. The number of benzene rings is 1. The Labute approximate surface area is 390 Å². The largest absolute Gasteiger partial charge is 0.493 e. The third kappa shape index (κ3) is 42.1. The van der Waals surface area contributed by atoms with Crippen molar-refractivity contribution in [1.29, 1.82) is 0 Å². The summed E-state index contributed by atoms with van der Waals surface area (Å²) in [6.45, 7) is 1.76. The number of carbonyl (C=O) groups excluding carboxylic acids is 1. The van der Waals surface area contributed by atoms with Gasteiger partial charge in [0, 0.05) is 18.9 Å². The summed E-state index contributed by atoms with van der Waals surface area (Å²) in [5.74, 6) is -0.0925. The van der Waals surface area contributed by atoms with E-state index in [1.165, 1.54) is 89.9 Å². The van der Waals surface area contributed by atoms with Crippen molar-refractivity contribution < 1.29 is 38.8 Å². The van der Waals surface area contributed by atoms with Gasteiger partial charge in [0.2, 0.25) is 0 Å². The van der Waals surface area contributed by atoms with Gasteiger partial charge in [0.05, 0.1) is 19.8 Å². The minimum Gasteiger partial charge on any atom is -0.493 e. The van der Waals surface area contributed by atoms with E-state index >= 15 is 0 Å². The summed E-state index contributed by atoms with van der Waals surface area (Å²) in [6.07, 6.45) is 53.0. The number of likely N-dealkylation sites (N-methyl/N-ethyl adjacent to an activating group) is 1. The summed E-state index contributed by atoms with van der Waals surface area (Å²) < 4.78 is 17.9. The Hall–Kier alpha value is -3.85. The quantitative estimate of drug-likeness (QED) is 0.0374. The lowest BCUT2D eigenvalue weighted by molar-refractivity contribution is -0.145. The molecule has 0 heterocycles. The van der Waals surface area contributed by atoms with Gasteiger partial charge in [0.15, 0.2) is 0 Å². The fraction of sp³-hybridized carbons (Fsp3) is 0.691. The third-order valence-corrected chi connectivity index (χ3v) is 11.1. The molecular weight excluding hydrogens is 803 g/mol. The van der Waals surface area contributed by atoms with Crippen molar-refractivity contribution in [2.45, 2.75) is 212 Å². The normalized spacial score (nSPS) is 11.9.